The highest BCUT2D eigenvalue weighted by molar-refractivity contribution is 5.73. The largest absolute Gasteiger partial charge is 0.497 e. The summed E-state index contributed by atoms with van der Waals surface area (Å²) in [5, 5.41) is 5.66. The van der Waals surface area contributed by atoms with Gasteiger partial charge in [-0.15, -0.1) is 0 Å². The van der Waals surface area contributed by atoms with E-state index in [1.165, 1.54) is 0 Å². The topological polar surface area (TPSA) is 72.5 Å². The maximum Gasteiger partial charge on any atom is 0.314 e. The van der Waals surface area contributed by atoms with Gasteiger partial charge in [0.25, 0.3) is 0 Å². The van der Waals surface area contributed by atoms with Gasteiger partial charge in [0.2, 0.25) is 0 Å². The molecule has 6 heteroatoms. The second-order valence-electron chi connectivity index (χ2n) is 5.18. The van der Waals surface area contributed by atoms with Crippen LogP contribution in [0.15, 0.2) is 42.6 Å². The molecule has 0 fully saturated rings. The third-order valence-electron chi connectivity index (χ3n) is 3.56. The number of nitrogens with one attached hydrogen (secondary N) is 2. The minimum Gasteiger partial charge on any atom is -0.497 e. The number of carbonyl (C=O) groups excluding carboxylic acids is 1. The lowest BCUT2D eigenvalue weighted by Crippen LogP contribution is -2.37. The van der Waals surface area contributed by atoms with Crippen molar-refractivity contribution >= 4 is 6.03 Å². The Balaban J connectivity index is 1.72. The summed E-state index contributed by atoms with van der Waals surface area (Å²) < 4.78 is 10.5. The van der Waals surface area contributed by atoms with Crippen LogP contribution in [0, 0.1) is 0 Å². The van der Waals surface area contributed by atoms with Crippen LogP contribution in [0.3, 0.4) is 0 Å². The average Bonchev–Trinajstić information content (AvgIpc) is 2.62. The zero-order chi connectivity index (χ0) is 17.2. The van der Waals surface area contributed by atoms with E-state index in [1.807, 2.05) is 36.4 Å². The highest BCUT2D eigenvalue weighted by atomic mass is 16.5. The molecular formula is C18H23N3O3. The summed E-state index contributed by atoms with van der Waals surface area (Å²) in [5.41, 5.74) is 1.95. The molecule has 0 unspecified atom stereocenters. The fourth-order valence-electron chi connectivity index (χ4n) is 2.30. The van der Waals surface area contributed by atoms with Crippen LogP contribution < -0.4 is 20.1 Å². The minimum absolute atomic E-state index is 0.187. The van der Waals surface area contributed by atoms with Crippen molar-refractivity contribution in [2.45, 2.75) is 12.8 Å². The van der Waals surface area contributed by atoms with Crippen LogP contribution in [0.5, 0.6) is 11.5 Å². The minimum atomic E-state index is -0.187. The second kappa shape index (κ2) is 9.39. The number of methoxy groups -OCH3 is 2. The van der Waals surface area contributed by atoms with Gasteiger partial charge in [-0.3, -0.25) is 4.98 Å². The van der Waals surface area contributed by atoms with Gasteiger partial charge < -0.3 is 20.1 Å². The van der Waals surface area contributed by atoms with Crippen molar-refractivity contribution in [3.8, 4) is 11.5 Å². The predicted molar refractivity (Wildman–Crippen MR) is 92.6 cm³/mol. The fraction of sp³-hybridized carbons (Fsp3) is 0.333. The number of nitrogens with zero attached hydrogens (tertiary/aromatic N) is 1. The van der Waals surface area contributed by atoms with Crippen molar-refractivity contribution in [1.82, 2.24) is 15.6 Å². The van der Waals surface area contributed by atoms with Gasteiger partial charge in [-0.05, 0) is 42.3 Å². The Morgan fingerprint density at radius 3 is 2.50 bits per heavy atom. The van der Waals surface area contributed by atoms with Crippen molar-refractivity contribution in [2.24, 2.45) is 0 Å². The molecule has 0 saturated heterocycles. The summed E-state index contributed by atoms with van der Waals surface area (Å²) in [6.45, 7) is 1.06. The molecule has 2 N–H and O–H groups in total. The molecule has 6 nitrogen and oxygen atoms in total. The zero-order valence-electron chi connectivity index (χ0n) is 14.0. The molecule has 2 rings (SSSR count). The lowest BCUT2D eigenvalue weighted by Gasteiger charge is -2.11. The monoisotopic (exact) mass is 329 g/mol. The average molecular weight is 329 g/mol. The number of rotatable bonds is 8. The SMILES string of the molecule is COc1ccc(OC)c(CCNC(=O)NCCc2ccccn2)c1. The van der Waals surface area contributed by atoms with E-state index >= 15 is 0 Å². The normalized spacial score (nSPS) is 10.1. The van der Waals surface area contributed by atoms with Gasteiger partial charge in [-0.1, -0.05) is 6.07 Å². The number of hydrogen-bond donors (Lipinski definition) is 2. The van der Waals surface area contributed by atoms with E-state index in [1.54, 1.807) is 20.4 Å². The molecule has 0 aliphatic carbocycles. The standard InChI is InChI=1S/C18H23N3O3/c1-23-16-6-7-17(24-2)14(13-16)8-11-20-18(22)21-12-9-15-5-3-4-10-19-15/h3-7,10,13H,8-9,11-12H2,1-2H3,(H2,20,21,22). The molecule has 0 spiro atoms. The van der Waals surface area contributed by atoms with Gasteiger partial charge in [0.15, 0.2) is 0 Å². The number of benzene rings is 1. The van der Waals surface area contributed by atoms with E-state index in [0.29, 0.717) is 25.9 Å². The van der Waals surface area contributed by atoms with Crippen molar-refractivity contribution in [1.29, 1.82) is 0 Å². The first-order valence-electron chi connectivity index (χ1n) is 7.85. The molecule has 0 aliphatic rings. The molecule has 24 heavy (non-hydrogen) atoms. The summed E-state index contributed by atoms with van der Waals surface area (Å²) in [6.07, 6.45) is 3.11. The van der Waals surface area contributed by atoms with Crippen LogP contribution in [-0.2, 0) is 12.8 Å². The molecule has 0 atom stereocenters. The first-order chi connectivity index (χ1) is 11.7. The molecule has 2 amide bonds. The number of aromatic nitrogens is 1. The van der Waals surface area contributed by atoms with Crippen LogP contribution in [0.25, 0.3) is 0 Å². The van der Waals surface area contributed by atoms with Crippen LogP contribution in [-0.4, -0.2) is 38.3 Å². The summed E-state index contributed by atoms with van der Waals surface area (Å²) in [5.74, 6) is 1.55. The maximum atomic E-state index is 11.8. The molecule has 0 aliphatic heterocycles. The third kappa shape index (κ3) is 5.46. The molecule has 128 valence electrons. The van der Waals surface area contributed by atoms with Crippen LogP contribution in [0.1, 0.15) is 11.3 Å². The summed E-state index contributed by atoms with van der Waals surface area (Å²) in [6, 6.07) is 11.2. The quantitative estimate of drug-likeness (QED) is 0.779. The molecule has 1 aromatic heterocycles. The third-order valence-corrected chi connectivity index (χ3v) is 3.56. The van der Waals surface area contributed by atoms with Gasteiger partial charge >= 0.3 is 6.03 Å². The molecule has 1 heterocycles. The Morgan fingerprint density at radius 2 is 1.83 bits per heavy atom. The Kier molecular flexibility index (Phi) is 6.89. The number of hydrogen-bond acceptors (Lipinski definition) is 4. The van der Waals surface area contributed by atoms with E-state index < -0.39 is 0 Å². The van der Waals surface area contributed by atoms with E-state index in [4.69, 9.17) is 9.47 Å². The molecule has 0 bridgehead atoms. The van der Waals surface area contributed by atoms with E-state index in [0.717, 1.165) is 22.8 Å². The molecule has 1 aromatic carbocycles. The second-order valence-corrected chi connectivity index (χ2v) is 5.18. The van der Waals surface area contributed by atoms with Crippen LogP contribution in [0.4, 0.5) is 4.79 Å². The van der Waals surface area contributed by atoms with Crippen molar-refractivity contribution in [3.63, 3.8) is 0 Å². The van der Waals surface area contributed by atoms with E-state index in [9.17, 15) is 4.79 Å². The highest BCUT2D eigenvalue weighted by Gasteiger charge is 2.06. The Bertz CT molecular complexity index is 647. The summed E-state index contributed by atoms with van der Waals surface area (Å²) in [4.78, 5) is 16.0. The van der Waals surface area contributed by atoms with Crippen LogP contribution >= 0.6 is 0 Å². The number of carbonyl (C=O) groups is 1. The van der Waals surface area contributed by atoms with Gasteiger partial charge in [0.1, 0.15) is 11.5 Å². The van der Waals surface area contributed by atoms with Gasteiger partial charge in [-0.2, -0.15) is 0 Å². The first kappa shape index (κ1) is 17.6. The van der Waals surface area contributed by atoms with E-state index in [2.05, 4.69) is 15.6 Å². The van der Waals surface area contributed by atoms with Gasteiger partial charge in [-0.25, -0.2) is 4.79 Å². The number of amides is 2. The first-order valence-corrected chi connectivity index (χ1v) is 7.85. The molecule has 2 aromatic rings. The fourth-order valence-corrected chi connectivity index (χ4v) is 2.30. The Morgan fingerprint density at radius 1 is 1.04 bits per heavy atom. The maximum absolute atomic E-state index is 11.8. The lowest BCUT2D eigenvalue weighted by atomic mass is 10.1. The molecule has 0 saturated carbocycles. The van der Waals surface area contributed by atoms with Crippen molar-refractivity contribution in [2.75, 3.05) is 27.3 Å². The lowest BCUT2D eigenvalue weighted by molar-refractivity contribution is 0.241. The Hall–Kier alpha value is -2.76. The van der Waals surface area contributed by atoms with Gasteiger partial charge in [0.05, 0.1) is 14.2 Å². The zero-order valence-corrected chi connectivity index (χ0v) is 14.0. The van der Waals surface area contributed by atoms with Crippen molar-refractivity contribution < 1.29 is 14.3 Å². The number of ether oxygens (including phenoxy) is 2. The number of urea groups is 1. The molecule has 0 radical (unpaired) electrons. The molecular weight excluding hydrogens is 306 g/mol. The summed E-state index contributed by atoms with van der Waals surface area (Å²) >= 11 is 0. The van der Waals surface area contributed by atoms with E-state index in [-0.39, 0.29) is 6.03 Å². The Labute approximate surface area is 142 Å². The van der Waals surface area contributed by atoms with Gasteiger partial charge in [0, 0.05) is 31.4 Å². The van der Waals surface area contributed by atoms with Crippen molar-refractivity contribution in [3.05, 3.63) is 53.9 Å². The highest BCUT2D eigenvalue weighted by Crippen LogP contribution is 2.24. The predicted octanol–water partition coefficient (Wildman–Crippen LogP) is 2.18. The summed E-state index contributed by atoms with van der Waals surface area (Å²) in [7, 11) is 3.25. The smallest absolute Gasteiger partial charge is 0.314 e. The van der Waals surface area contributed by atoms with Crippen LogP contribution in [0.2, 0.25) is 0 Å². The number of pyridine rings is 1.